The molecule has 0 bridgehead atoms. The standard InChI is InChI=1S/C90H68B2N4Se/c1-89(2,3)67-53-77-81-79(55-67)95-83-73(91(81)71-41-25-27-43-75(71)93(77)69-49-63(57-29-13-7-14-30-57)47-64(50-69)58-31-15-8-16-32-58)45-46-74-84(83)96(86-85(95)87(61-37-21-11-22-38-61)97-88(86)62-39-23-12-24-40-62)80-56-68(90(4,5)6)54-78-82(80)92(74)72-42-26-28-44-76(72)94(78)70-51-65(59-33-17-9-18-34-59)48-66(52-70)60-35-19-10-20-36-60/h7-56H,1-6H3. The van der Waals surface area contributed by atoms with Gasteiger partial charge in [0, 0.05) is 0 Å². The number of benzene rings is 13. The molecule has 19 rings (SSSR count). The average molecular weight is 1310 g/mol. The summed E-state index contributed by atoms with van der Waals surface area (Å²) in [5.41, 5.74) is 36.8. The summed E-state index contributed by atoms with van der Waals surface area (Å²) in [6, 6.07) is 115. The van der Waals surface area contributed by atoms with Crippen LogP contribution in [0.1, 0.15) is 52.7 Å². The van der Waals surface area contributed by atoms with Gasteiger partial charge in [-0.1, -0.05) is 72.8 Å². The first-order valence-corrected chi connectivity index (χ1v) is 35.8. The molecule has 0 amide bonds. The van der Waals surface area contributed by atoms with Crippen molar-refractivity contribution in [1.82, 2.24) is 0 Å². The quantitative estimate of drug-likeness (QED) is 0.141. The van der Waals surface area contributed by atoms with E-state index in [9.17, 15) is 0 Å². The average Bonchev–Trinajstić information content (AvgIpc) is 1.54. The Morgan fingerprint density at radius 2 is 0.515 bits per heavy atom. The molecule has 0 unspecified atom stereocenters. The fraction of sp³-hybridized carbons (Fsp3) is 0.0889. The summed E-state index contributed by atoms with van der Waals surface area (Å²) in [5.74, 6) is 0. The van der Waals surface area contributed by atoms with Gasteiger partial charge in [-0.05, 0) is 0 Å². The minimum atomic E-state index is -0.230. The second-order valence-electron chi connectivity index (χ2n) is 28.8. The summed E-state index contributed by atoms with van der Waals surface area (Å²) in [5, 5.41) is 0. The molecule has 0 aliphatic carbocycles. The van der Waals surface area contributed by atoms with Gasteiger partial charge in [0.15, 0.2) is 0 Å². The zero-order valence-electron chi connectivity index (χ0n) is 55.2. The van der Waals surface area contributed by atoms with E-state index < -0.39 is 0 Å². The van der Waals surface area contributed by atoms with E-state index in [1.807, 2.05) is 0 Å². The SMILES string of the molecule is CC(C)(C)c1cc2c3c(c1)N1c4c(ccc5c4N(c4cc(C(C)(C)C)cc6c4B5c4ccccc4N6c4cc(-c5ccccc5)cc(-c5ccccc5)c4)c4c(-c5ccccc5)[se]c(-c5ccccc5)c41)B3c1ccccc1N2c1cc(-c2ccccc2)cc(-c2ccccc2)c1. The van der Waals surface area contributed by atoms with Crippen LogP contribution in [-0.2, 0) is 10.8 Å². The molecule has 0 radical (unpaired) electrons. The van der Waals surface area contributed by atoms with Crippen LogP contribution in [0, 0.1) is 0 Å². The molecule has 0 spiro atoms. The van der Waals surface area contributed by atoms with Crippen molar-refractivity contribution in [2.24, 2.45) is 0 Å². The molecule has 5 aliphatic heterocycles. The molecule has 13 aromatic carbocycles. The van der Waals surface area contributed by atoms with Gasteiger partial charge in [0.25, 0.3) is 0 Å². The first-order valence-electron chi connectivity index (χ1n) is 34.1. The van der Waals surface area contributed by atoms with E-state index in [1.54, 1.807) is 0 Å². The molecule has 97 heavy (non-hydrogen) atoms. The molecule has 0 fully saturated rings. The van der Waals surface area contributed by atoms with Crippen molar-refractivity contribution in [3.05, 3.63) is 314 Å². The molecule has 0 atom stereocenters. The number of hydrogen-bond donors (Lipinski definition) is 0. The summed E-state index contributed by atoms with van der Waals surface area (Å²) >= 11 is -0.151. The van der Waals surface area contributed by atoms with Crippen molar-refractivity contribution in [1.29, 1.82) is 0 Å². The molecule has 4 nitrogen and oxygen atoms in total. The summed E-state index contributed by atoms with van der Waals surface area (Å²) in [4.78, 5) is 10.9. The first kappa shape index (κ1) is 57.6. The Morgan fingerprint density at radius 3 is 0.825 bits per heavy atom. The van der Waals surface area contributed by atoms with Gasteiger partial charge in [0.1, 0.15) is 0 Å². The minimum absolute atomic E-state index is 0.106. The Morgan fingerprint density at radius 1 is 0.237 bits per heavy atom. The molecule has 5 aliphatic rings. The van der Waals surface area contributed by atoms with Gasteiger partial charge in [-0.15, -0.1) is 0 Å². The van der Waals surface area contributed by atoms with Gasteiger partial charge < -0.3 is 0 Å². The van der Waals surface area contributed by atoms with Crippen LogP contribution in [-0.4, -0.2) is 27.9 Å². The van der Waals surface area contributed by atoms with Crippen molar-refractivity contribution in [2.45, 2.75) is 52.4 Å². The maximum absolute atomic E-state index is 2.83. The number of fused-ring (bicyclic) bond motifs is 11. The second kappa shape index (κ2) is 21.9. The van der Waals surface area contributed by atoms with E-state index >= 15 is 0 Å². The first-order chi connectivity index (χ1) is 47.4. The van der Waals surface area contributed by atoms with Crippen LogP contribution in [0.2, 0.25) is 0 Å². The van der Waals surface area contributed by atoms with Gasteiger partial charge in [-0.3, -0.25) is 0 Å². The Hall–Kier alpha value is -10.8. The normalized spacial score (nSPS) is 13.5. The van der Waals surface area contributed by atoms with Gasteiger partial charge in [-0.25, -0.2) is 0 Å². The number of para-hydroxylation sites is 2. The fourth-order valence-electron chi connectivity index (χ4n) is 16.4. The summed E-state index contributed by atoms with van der Waals surface area (Å²) in [6.07, 6.45) is 0. The summed E-state index contributed by atoms with van der Waals surface area (Å²) in [6.45, 7) is 14.2. The zero-order chi connectivity index (χ0) is 65.0. The van der Waals surface area contributed by atoms with E-state index in [2.05, 4.69) is 364 Å². The maximum atomic E-state index is 2.83. The van der Waals surface area contributed by atoms with Crippen LogP contribution in [0.4, 0.5) is 68.2 Å². The topological polar surface area (TPSA) is 13.0 Å². The van der Waals surface area contributed by atoms with E-state index in [-0.39, 0.29) is 38.8 Å². The monoisotopic (exact) mass is 1310 g/mol. The third kappa shape index (κ3) is 8.98. The number of anilines is 12. The van der Waals surface area contributed by atoms with Gasteiger partial charge >= 0.3 is 507 Å². The predicted molar refractivity (Wildman–Crippen MR) is 415 cm³/mol. The van der Waals surface area contributed by atoms with Crippen LogP contribution in [0.15, 0.2) is 303 Å². The van der Waals surface area contributed by atoms with Crippen molar-refractivity contribution in [3.63, 3.8) is 0 Å². The van der Waals surface area contributed by atoms with Crippen LogP contribution in [0.3, 0.4) is 0 Å². The second-order valence-corrected chi connectivity index (χ2v) is 31.0. The predicted octanol–water partition coefficient (Wildman–Crippen LogP) is 19.8. The van der Waals surface area contributed by atoms with Crippen molar-refractivity contribution < 1.29 is 0 Å². The Kier molecular flexibility index (Phi) is 13.0. The molecular weight excluding hydrogens is 1240 g/mol. The number of nitrogens with zero attached hydrogens (tertiary/aromatic N) is 4. The van der Waals surface area contributed by atoms with E-state index in [4.69, 9.17) is 0 Å². The van der Waals surface area contributed by atoms with Crippen LogP contribution < -0.4 is 52.4 Å². The van der Waals surface area contributed by atoms with Crippen molar-refractivity contribution in [3.8, 4) is 64.5 Å². The third-order valence-corrected chi connectivity index (χ3v) is 23.6. The van der Waals surface area contributed by atoms with Crippen LogP contribution in [0.5, 0.6) is 0 Å². The van der Waals surface area contributed by atoms with E-state index in [0.717, 1.165) is 11.4 Å². The number of rotatable bonds is 8. The molecule has 0 N–H and O–H groups in total. The van der Waals surface area contributed by atoms with Crippen molar-refractivity contribution >= 4 is 129 Å². The Bertz CT molecular complexity index is 5050. The molecule has 1 aromatic heterocycles. The molecule has 0 saturated heterocycles. The van der Waals surface area contributed by atoms with E-state index in [1.165, 1.54) is 165 Å². The summed E-state index contributed by atoms with van der Waals surface area (Å²) < 4.78 is 2.77. The molecule has 460 valence electrons. The zero-order valence-corrected chi connectivity index (χ0v) is 56.9. The van der Waals surface area contributed by atoms with Crippen LogP contribution >= 0.6 is 0 Å². The summed E-state index contributed by atoms with van der Waals surface area (Å²) in [7, 11) is 0. The van der Waals surface area contributed by atoms with Gasteiger partial charge in [0.05, 0.1) is 0 Å². The fourth-order valence-corrected chi connectivity index (χ4v) is 19.1. The molecule has 0 saturated carbocycles. The van der Waals surface area contributed by atoms with Gasteiger partial charge in [-0.2, -0.15) is 0 Å². The molecule has 7 heteroatoms. The Balaban J connectivity index is 0.937. The Labute approximate surface area is 576 Å². The molecular formula is C90H68B2N4Se. The van der Waals surface area contributed by atoms with Crippen LogP contribution in [0.25, 0.3) is 64.5 Å². The third-order valence-electron chi connectivity index (χ3n) is 21.0. The van der Waals surface area contributed by atoms with E-state index in [0.29, 0.717) is 0 Å². The van der Waals surface area contributed by atoms with Gasteiger partial charge in [0.2, 0.25) is 0 Å². The molecule has 6 heterocycles. The number of hydrogen-bond acceptors (Lipinski definition) is 4. The van der Waals surface area contributed by atoms with Crippen molar-refractivity contribution in [2.75, 3.05) is 19.6 Å². The molecule has 14 aromatic rings.